The monoisotopic (exact) mass is 252 g/mol. The highest BCUT2D eigenvalue weighted by molar-refractivity contribution is 6.30. The third-order valence-electron chi connectivity index (χ3n) is 3.87. The number of likely N-dealkylation sites (N-methyl/N-ethyl adjacent to an activating group) is 1. The lowest BCUT2D eigenvalue weighted by atomic mass is 10.1. The Morgan fingerprint density at radius 3 is 2.24 bits per heavy atom. The van der Waals surface area contributed by atoms with E-state index >= 15 is 0 Å². The van der Waals surface area contributed by atoms with Gasteiger partial charge in [-0.3, -0.25) is 4.90 Å². The van der Waals surface area contributed by atoms with Gasteiger partial charge < -0.3 is 4.90 Å². The number of aromatic nitrogens is 2. The molecule has 0 amide bonds. The number of hydrogen-bond acceptors (Lipinski definition) is 4. The molecule has 2 aliphatic rings. The highest BCUT2D eigenvalue weighted by Crippen LogP contribution is 2.49. The lowest BCUT2D eigenvalue weighted by Crippen LogP contribution is -2.49. The van der Waals surface area contributed by atoms with Crippen LogP contribution >= 0.6 is 11.6 Å². The summed E-state index contributed by atoms with van der Waals surface area (Å²) in [4.78, 5) is 13.7. The quantitative estimate of drug-likeness (QED) is 0.796. The van der Waals surface area contributed by atoms with E-state index < -0.39 is 0 Å². The number of hydrogen-bond donors (Lipinski definition) is 0. The third-order valence-corrected chi connectivity index (χ3v) is 4.06. The summed E-state index contributed by atoms with van der Waals surface area (Å²) < 4.78 is 0. The van der Waals surface area contributed by atoms with E-state index in [2.05, 4.69) is 26.8 Å². The zero-order valence-corrected chi connectivity index (χ0v) is 10.8. The second-order valence-corrected chi connectivity index (χ2v) is 5.48. The first-order valence-corrected chi connectivity index (χ1v) is 6.50. The van der Waals surface area contributed by atoms with Crippen LogP contribution in [0.4, 0.5) is 0 Å². The van der Waals surface area contributed by atoms with Gasteiger partial charge in [0.05, 0.1) is 10.6 Å². The Labute approximate surface area is 107 Å². The molecule has 1 saturated heterocycles. The highest BCUT2D eigenvalue weighted by Gasteiger charge is 2.52. The summed E-state index contributed by atoms with van der Waals surface area (Å²) in [6.07, 6.45) is 5.77. The maximum Gasteiger partial charge on any atom is 0.148 e. The van der Waals surface area contributed by atoms with Crippen molar-refractivity contribution < 1.29 is 0 Å². The van der Waals surface area contributed by atoms with Crippen molar-refractivity contribution >= 4 is 11.6 Å². The van der Waals surface area contributed by atoms with Crippen molar-refractivity contribution in [1.29, 1.82) is 0 Å². The van der Waals surface area contributed by atoms with E-state index in [0.717, 1.165) is 32.0 Å². The molecule has 0 unspecified atom stereocenters. The summed E-state index contributed by atoms with van der Waals surface area (Å²) in [6, 6.07) is 0. The minimum atomic E-state index is 0.117. The van der Waals surface area contributed by atoms with E-state index in [1.807, 2.05) is 0 Å². The van der Waals surface area contributed by atoms with Gasteiger partial charge in [0, 0.05) is 38.6 Å². The highest BCUT2D eigenvalue weighted by atomic mass is 35.5. The van der Waals surface area contributed by atoms with Gasteiger partial charge in [-0.1, -0.05) is 11.6 Å². The summed E-state index contributed by atoms with van der Waals surface area (Å²) in [5, 5.41) is 0.614. The molecule has 92 valence electrons. The molecule has 0 radical (unpaired) electrons. The first kappa shape index (κ1) is 11.4. The van der Waals surface area contributed by atoms with E-state index in [4.69, 9.17) is 11.6 Å². The van der Waals surface area contributed by atoms with Crippen molar-refractivity contribution in [1.82, 2.24) is 19.8 Å². The smallest absolute Gasteiger partial charge is 0.148 e. The number of nitrogens with zero attached hydrogens (tertiary/aromatic N) is 4. The molecular weight excluding hydrogens is 236 g/mol. The number of rotatable bonds is 2. The van der Waals surface area contributed by atoms with Crippen molar-refractivity contribution in [2.45, 2.75) is 18.4 Å². The lowest BCUT2D eigenvalue weighted by Gasteiger charge is -2.37. The van der Waals surface area contributed by atoms with Crippen LogP contribution in [-0.4, -0.2) is 53.0 Å². The molecule has 2 fully saturated rings. The van der Waals surface area contributed by atoms with Crippen LogP contribution in [0.5, 0.6) is 0 Å². The molecule has 1 aromatic rings. The van der Waals surface area contributed by atoms with Gasteiger partial charge in [-0.05, 0) is 19.9 Å². The van der Waals surface area contributed by atoms with Crippen molar-refractivity contribution in [3.8, 4) is 0 Å². The zero-order chi connectivity index (χ0) is 11.9. The van der Waals surface area contributed by atoms with Gasteiger partial charge in [-0.15, -0.1) is 0 Å². The first-order chi connectivity index (χ1) is 8.21. The molecule has 0 aromatic carbocycles. The van der Waals surface area contributed by atoms with Crippen LogP contribution in [0.1, 0.15) is 18.7 Å². The van der Waals surface area contributed by atoms with E-state index in [-0.39, 0.29) is 5.54 Å². The standard InChI is InChI=1S/C12H17ClN4/c1-16-4-6-17(7-5-16)12(2-3-12)11-14-8-10(13)9-15-11/h8-9H,2-7H2,1H3. The normalized spacial score (nSPS) is 24.8. The van der Waals surface area contributed by atoms with Crippen LogP contribution in [0.2, 0.25) is 5.02 Å². The maximum absolute atomic E-state index is 5.84. The summed E-state index contributed by atoms with van der Waals surface area (Å²) in [5.74, 6) is 0.950. The van der Waals surface area contributed by atoms with Crippen LogP contribution in [0, 0.1) is 0 Å². The number of piperazine rings is 1. The summed E-state index contributed by atoms with van der Waals surface area (Å²) in [7, 11) is 2.18. The van der Waals surface area contributed by atoms with Crippen LogP contribution in [-0.2, 0) is 5.54 Å². The molecule has 3 rings (SSSR count). The fourth-order valence-corrected chi connectivity index (χ4v) is 2.68. The van der Waals surface area contributed by atoms with Gasteiger partial charge in [0.15, 0.2) is 0 Å². The Morgan fingerprint density at radius 1 is 1.12 bits per heavy atom. The van der Waals surface area contributed by atoms with Crippen molar-refractivity contribution in [2.75, 3.05) is 33.2 Å². The Hall–Kier alpha value is -0.710. The zero-order valence-electron chi connectivity index (χ0n) is 10.1. The van der Waals surface area contributed by atoms with Gasteiger partial charge in [0.25, 0.3) is 0 Å². The summed E-state index contributed by atoms with van der Waals surface area (Å²) in [6.45, 7) is 4.50. The topological polar surface area (TPSA) is 32.3 Å². The van der Waals surface area contributed by atoms with Gasteiger partial charge in [0.2, 0.25) is 0 Å². The van der Waals surface area contributed by atoms with E-state index in [1.165, 1.54) is 12.8 Å². The van der Waals surface area contributed by atoms with Crippen molar-refractivity contribution in [3.05, 3.63) is 23.2 Å². The van der Waals surface area contributed by atoms with Gasteiger partial charge >= 0.3 is 0 Å². The first-order valence-electron chi connectivity index (χ1n) is 6.12. The lowest BCUT2D eigenvalue weighted by molar-refractivity contribution is 0.0930. The van der Waals surface area contributed by atoms with Gasteiger partial charge in [-0.25, -0.2) is 9.97 Å². The fourth-order valence-electron chi connectivity index (χ4n) is 2.59. The second kappa shape index (κ2) is 4.19. The molecule has 2 heterocycles. The molecule has 17 heavy (non-hydrogen) atoms. The largest absolute Gasteiger partial charge is 0.304 e. The molecule has 1 aliphatic heterocycles. The van der Waals surface area contributed by atoms with Crippen LogP contribution < -0.4 is 0 Å². The van der Waals surface area contributed by atoms with Crippen LogP contribution in [0.25, 0.3) is 0 Å². The van der Waals surface area contributed by atoms with E-state index in [0.29, 0.717) is 5.02 Å². The molecule has 0 atom stereocenters. The Morgan fingerprint density at radius 2 is 1.71 bits per heavy atom. The molecule has 1 aromatic heterocycles. The minimum absolute atomic E-state index is 0.117. The molecule has 0 bridgehead atoms. The molecule has 5 heteroatoms. The van der Waals surface area contributed by atoms with Gasteiger partial charge in [0.1, 0.15) is 5.82 Å². The second-order valence-electron chi connectivity index (χ2n) is 5.05. The minimum Gasteiger partial charge on any atom is -0.304 e. The summed E-state index contributed by atoms with van der Waals surface area (Å²) in [5.41, 5.74) is 0.117. The number of halogens is 1. The Kier molecular flexibility index (Phi) is 2.81. The third kappa shape index (κ3) is 2.05. The SMILES string of the molecule is CN1CCN(C2(c3ncc(Cl)cn3)CC2)CC1. The Balaban J connectivity index is 1.79. The summed E-state index contributed by atoms with van der Waals surface area (Å²) >= 11 is 5.84. The van der Waals surface area contributed by atoms with Crippen molar-refractivity contribution in [3.63, 3.8) is 0 Å². The average molecular weight is 253 g/mol. The van der Waals surface area contributed by atoms with E-state index in [1.54, 1.807) is 12.4 Å². The predicted molar refractivity (Wildman–Crippen MR) is 67.0 cm³/mol. The average Bonchev–Trinajstić information content (AvgIpc) is 3.12. The molecule has 1 aliphatic carbocycles. The van der Waals surface area contributed by atoms with E-state index in [9.17, 15) is 0 Å². The molecule has 0 N–H and O–H groups in total. The maximum atomic E-state index is 5.84. The fraction of sp³-hybridized carbons (Fsp3) is 0.667. The predicted octanol–water partition coefficient (Wildman–Crippen LogP) is 1.37. The molecular formula is C12H17ClN4. The van der Waals surface area contributed by atoms with Crippen LogP contribution in [0.15, 0.2) is 12.4 Å². The molecule has 1 saturated carbocycles. The Bertz CT molecular complexity index is 393. The molecule has 4 nitrogen and oxygen atoms in total. The van der Waals surface area contributed by atoms with Gasteiger partial charge in [-0.2, -0.15) is 0 Å². The molecule has 0 spiro atoms. The van der Waals surface area contributed by atoms with Crippen LogP contribution in [0.3, 0.4) is 0 Å². The van der Waals surface area contributed by atoms with Crippen molar-refractivity contribution in [2.24, 2.45) is 0 Å².